The van der Waals surface area contributed by atoms with E-state index in [4.69, 9.17) is 0 Å². The Labute approximate surface area is 92.6 Å². The van der Waals surface area contributed by atoms with Gasteiger partial charge in [0.1, 0.15) is 0 Å². The normalized spacial score (nSPS) is 9.77. The summed E-state index contributed by atoms with van der Waals surface area (Å²) < 4.78 is 0. The molecule has 0 aliphatic heterocycles. The molecule has 0 heterocycles. The van der Waals surface area contributed by atoms with Crippen LogP contribution in [0.15, 0.2) is 30.3 Å². The van der Waals surface area contributed by atoms with Crippen molar-refractivity contribution in [2.45, 2.75) is 6.16 Å². The van der Waals surface area contributed by atoms with Gasteiger partial charge in [-0.05, 0) is 5.56 Å². The summed E-state index contributed by atoms with van der Waals surface area (Å²) in [6.07, 6.45) is 1.27. The van der Waals surface area contributed by atoms with Crippen LogP contribution < -0.4 is 6.15 Å². The lowest BCUT2D eigenvalue weighted by Crippen LogP contribution is -1.90. The Morgan fingerprint density at radius 3 is 1.85 bits per heavy atom. The molecule has 0 aliphatic rings. The molecule has 3 heteroatoms. The Balaban J connectivity index is 0. The molecule has 0 aromatic heterocycles. The van der Waals surface area contributed by atoms with Gasteiger partial charge in [-0.2, -0.15) is 0 Å². The van der Waals surface area contributed by atoms with E-state index in [2.05, 4.69) is 50.3 Å². The quantitative estimate of drug-likeness (QED) is 0.810. The second kappa shape index (κ2) is 6.53. The van der Waals surface area contributed by atoms with Crippen molar-refractivity contribution >= 4 is 24.2 Å². The zero-order valence-electron chi connectivity index (χ0n) is 8.66. The molecule has 0 fully saturated rings. The first-order chi connectivity index (χ1) is 5.08. The fraction of sp³-hybridized carbons (Fsp3) is 0.400. The number of halogens is 1. The highest BCUT2D eigenvalue weighted by atomic mass is 79.9. The van der Waals surface area contributed by atoms with Crippen LogP contribution >= 0.6 is 24.2 Å². The molecule has 0 spiro atoms. The summed E-state index contributed by atoms with van der Waals surface area (Å²) in [5.74, 6) is 0. The number of hydrogen-bond acceptors (Lipinski definition) is 1. The molecular weight excluding hydrogens is 245 g/mol. The minimum Gasteiger partial charge on any atom is -0.344 e. The van der Waals surface area contributed by atoms with E-state index in [9.17, 15) is 0 Å². The van der Waals surface area contributed by atoms with Crippen LogP contribution in [0.1, 0.15) is 5.56 Å². The molecule has 0 amide bonds. The molecular formula is C10H20BrNP+. The zero-order chi connectivity index (χ0) is 8.32. The molecule has 0 unspecified atom stereocenters. The smallest absolute Gasteiger partial charge is 0.0834 e. The molecule has 0 saturated carbocycles. The predicted molar refractivity (Wildman–Crippen MR) is 70.2 cm³/mol. The Morgan fingerprint density at radius 2 is 1.46 bits per heavy atom. The van der Waals surface area contributed by atoms with Crippen molar-refractivity contribution in [3.05, 3.63) is 35.9 Å². The molecule has 1 aromatic rings. The third-order valence-electron chi connectivity index (χ3n) is 1.50. The monoisotopic (exact) mass is 264 g/mol. The Morgan fingerprint density at radius 1 is 1.00 bits per heavy atom. The summed E-state index contributed by atoms with van der Waals surface area (Å²) in [6, 6.07) is 10.7. The SMILES string of the molecule is Br.C[P+](C)(C)Cc1ccccc1.N. The van der Waals surface area contributed by atoms with Gasteiger partial charge in [0.25, 0.3) is 0 Å². The van der Waals surface area contributed by atoms with E-state index in [1.165, 1.54) is 11.7 Å². The standard InChI is InChI=1S/C10H16P.BrH.H3N/c1-11(2,3)9-10-7-5-4-6-8-10;;/h4-8H,9H2,1-3H3;1H;1H3/q+1;;. The van der Waals surface area contributed by atoms with Crippen LogP contribution in [0.2, 0.25) is 0 Å². The number of benzene rings is 1. The van der Waals surface area contributed by atoms with Crippen LogP contribution in [0.25, 0.3) is 0 Å². The lowest BCUT2D eigenvalue weighted by atomic mass is 10.2. The van der Waals surface area contributed by atoms with E-state index in [1.807, 2.05) is 0 Å². The van der Waals surface area contributed by atoms with E-state index in [-0.39, 0.29) is 23.1 Å². The molecule has 13 heavy (non-hydrogen) atoms. The van der Waals surface area contributed by atoms with Gasteiger partial charge in [0.15, 0.2) is 0 Å². The van der Waals surface area contributed by atoms with Crippen molar-refractivity contribution in [3.63, 3.8) is 0 Å². The Hall–Kier alpha value is 0.0900. The minimum atomic E-state index is -0.638. The van der Waals surface area contributed by atoms with Crippen LogP contribution in [0.4, 0.5) is 0 Å². The van der Waals surface area contributed by atoms with Crippen LogP contribution in [0.3, 0.4) is 0 Å². The molecule has 1 rings (SSSR count). The van der Waals surface area contributed by atoms with Crippen LogP contribution in [-0.4, -0.2) is 20.0 Å². The second-order valence-corrected chi connectivity index (χ2v) is 8.83. The zero-order valence-corrected chi connectivity index (χ0v) is 11.3. The van der Waals surface area contributed by atoms with Crippen LogP contribution in [0, 0.1) is 0 Å². The van der Waals surface area contributed by atoms with E-state index in [0.717, 1.165) is 0 Å². The highest BCUT2D eigenvalue weighted by molar-refractivity contribution is 8.93. The highest BCUT2D eigenvalue weighted by Crippen LogP contribution is 2.49. The molecule has 0 saturated heterocycles. The number of hydrogen-bond donors (Lipinski definition) is 1. The predicted octanol–water partition coefficient (Wildman–Crippen LogP) is 3.83. The summed E-state index contributed by atoms with van der Waals surface area (Å²) in [5, 5.41) is 0. The van der Waals surface area contributed by atoms with E-state index in [1.54, 1.807) is 0 Å². The first-order valence-corrected chi connectivity index (χ1v) is 7.24. The molecule has 1 nitrogen and oxygen atoms in total. The van der Waals surface area contributed by atoms with Crippen LogP contribution in [-0.2, 0) is 6.16 Å². The van der Waals surface area contributed by atoms with Crippen molar-refractivity contribution in [3.8, 4) is 0 Å². The molecule has 1 aromatic carbocycles. The van der Waals surface area contributed by atoms with E-state index < -0.39 is 7.26 Å². The van der Waals surface area contributed by atoms with Gasteiger partial charge >= 0.3 is 0 Å². The largest absolute Gasteiger partial charge is 0.344 e. The molecule has 0 bridgehead atoms. The molecule has 0 atom stereocenters. The average Bonchev–Trinajstić information content (AvgIpc) is 1.85. The summed E-state index contributed by atoms with van der Waals surface area (Å²) in [4.78, 5) is 0. The summed E-state index contributed by atoms with van der Waals surface area (Å²) >= 11 is 0. The summed E-state index contributed by atoms with van der Waals surface area (Å²) in [5.41, 5.74) is 1.48. The van der Waals surface area contributed by atoms with Gasteiger partial charge in [-0.1, -0.05) is 30.3 Å². The van der Waals surface area contributed by atoms with Crippen molar-refractivity contribution in [1.82, 2.24) is 6.15 Å². The van der Waals surface area contributed by atoms with Gasteiger partial charge in [-0.15, -0.1) is 17.0 Å². The van der Waals surface area contributed by atoms with Crippen molar-refractivity contribution in [2.24, 2.45) is 0 Å². The summed E-state index contributed by atoms with van der Waals surface area (Å²) in [7, 11) is -0.638. The van der Waals surface area contributed by atoms with Crippen molar-refractivity contribution in [2.75, 3.05) is 20.0 Å². The molecule has 76 valence electrons. The van der Waals surface area contributed by atoms with Crippen molar-refractivity contribution < 1.29 is 0 Å². The first kappa shape index (κ1) is 15.6. The third kappa shape index (κ3) is 7.18. The maximum Gasteiger partial charge on any atom is 0.0834 e. The topological polar surface area (TPSA) is 35.0 Å². The van der Waals surface area contributed by atoms with E-state index in [0.29, 0.717) is 0 Å². The third-order valence-corrected chi connectivity index (χ3v) is 2.81. The number of rotatable bonds is 2. The van der Waals surface area contributed by atoms with E-state index >= 15 is 0 Å². The average molecular weight is 265 g/mol. The maximum atomic E-state index is 2.38. The van der Waals surface area contributed by atoms with Gasteiger partial charge < -0.3 is 6.15 Å². The molecule has 0 radical (unpaired) electrons. The fourth-order valence-corrected chi connectivity index (χ4v) is 2.44. The lowest BCUT2D eigenvalue weighted by Gasteiger charge is -2.10. The van der Waals surface area contributed by atoms with Gasteiger partial charge in [-0.25, -0.2) is 0 Å². The molecule has 0 aliphatic carbocycles. The van der Waals surface area contributed by atoms with Crippen molar-refractivity contribution in [1.29, 1.82) is 0 Å². The lowest BCUT2D eigenvalue weighted by molar-refractivity contribution is 1.38. The first-order valence-electron chi connectivity index (χ1n) is 3.92. The molecule has 3 N–H and O–H groups in total. The Kier molecular flexibility index (Phi) is 7.81. The maximum absolute atomic E-state index is 2.38. The van der Waals surface area contributed by atoms with Crippen LogP contribution in [0.5, 0.6) is 0 Å². The fourth-order valence-electron chi connectivity index (χ4n) is 1.13. The van der Waals surface area contributed by atoms with Gasteiger partial charge in [0.05, 0.1) is 6.16 Å². The minimum absolute atomic E-state index is 0. The van der Waals surface area contributed by atoms with Gasteiger partial charge in [-0.3, -0.25) is 0 Å². The summed E-state index contributed by atoms with van der Waals surface area (Å²) in [6.45, 7) is 7.12. The van der Waals surface area contributed by atoms with Gasteiger partial charge in [0.2, 0.25) is 0 Å². The Bertz CT molecular complexity index is 218. The van der Waals surface area contributed by atoms with Gasteiger partial charge in [0, 0.05) is 27.3 Å². The second-order valence-electron chi connectivity index (χ2n) is 3.93. The highest BCUT2D eigenvalue weighted by Gasteiger charge is 2.16.